The fraction of sp³-hybridized carbons (Fsp3) is 0.111. The van der Waals surface area contributed by atoms with Gasteiger partial charge in [-0.25, -0.2) is 13.2 Å². The second-order valence-corrected chi connectivity index (χ2v) is 5.88. The van der Waals surface area contributed by atoms with Gasteiger partial charge >= 0.3 is 6.18 Å². The van der Waals surface area contributed by atoms with E-state index < -0.39 is 40.8 Å². The van der Waals surface area contributed by atoms with Gasteiger partial charge in [-0.3, -0.25) is 9.48 Å². The monoisotopic (exact) mass is 399 g/mol. The number of nitrogens with two attached hydrogens (primary N) is 1. The quantitative estimate of drug-likeness (QED) is 0.668. The molecule has 2 aromatic carbocycles. The zero-order chi connectivity index (χ0) is 20.8. The van der Waals surface area contributed by atoms with E-state index in [-0.39, 0.29) is 22.4 Å². The SMILES string of the molecule is Cn1nc(C(F)(F)F)c(C(N)=O)c1-c1ccc(F)cc1-c1ccc(F)c(F)c1. The Morgan fingerprint density at radius 2 is 1.68 bits per heavy atom. The number of hydrogen-bond donors (Lipinski definition) is 1. The molecule has 146 valence electrons. The summed E-state index contributed by atoms with van der Waals surface area (Å²) in [4.78, 5) is 11.8. The van der Waals surface area contributed by atoms with Crippen molar-refractivity contribution >= 4 is 5.91 Å². The number of primary amides is 1. The lowest BCUT2D eigenvalue weighted by Crippen LogP contribution is -2.18. The highest BCUT2D eigenvalue weighted by molar-refractivity contribution is 6.02. The second kappa shape index (κ2) is 6.70. The molecular formula is C18H11F6N3O. The number of halogens is 6. The number of hydrogen-bond acceptors (Lipinski definition) is 2. The predicted octanol–water partition coefficient (Wildman–Crippen LogP) is 4.29. The summed E-state index contributed by atoms with van der Waals surface area (Å²) >= 11 is 0. The van der Waals surface area contributed by atoms with Crippen LogP contribution in [0.25, 0.3) is 22.4 Å². The molecule has 1 heterocycles. The first-order valence-electron chi connectivity index (χ1n) is 7.70. The number of rotatable bonds is 3. The fourth-order valence-electron chi connectivity index (χ4n) is 2.89. The summed E-state index contributed by atoms with van der Waals surface area (Å²) in [7, 11) is 1.15. The Hall–Kier alpha value is -3.30. The van der Waals surface area contributed by atoms with E-state index in [1.807, 2.05) is 0 Å². The van der Waals surface area contributed by atoms with Crippen LogP contribution in [0.5, 0.6) is 0 Å². The molecular weight excluding hydrogens is 388 g/mol. The van der Waals surface area contributed by atoms with E-state index in [0.29, 0.717) is 0 Å². The molecule has 4 nitrogen and oxygen atoms in total. The molecule has 0 spiro atoms. The van der Waals surface area contributed by atoms with E-state index in [2.05, 4.69) is 5.10 Å². The third kappa shape index (κ3) is 3.32. The standard InChI is InChI=1S/C18H11F6N3O/c1-27-15(14(17(25)28)16(26-27)18(22,23)24)10-4-3-9(19)7-11(10)8-2-5-12(20)13(21)6-8/h2-7H,1H3,(H2,25,28). The number of benzene rings is 2. The Balaban J connectivity index is 2.36. The van der Waals surface area contributed by atoms with Gasteiger partial charge in [-0.05, 0) is 41.5 Å². The maximum absolute atomic E-state index is 13.8. The Kier molecular flexibility index (Phi) is 4.66. The molecule has 2 N–H and O–H groups in total. The number of nitrogens with zero attached hydrogens (tertiary/aromatic N) is 2. The molecule has 0 unspecified atom stereocenters. The van der Waals surface area contributed by atoms with Crippen LogP contribution in [0.2, 0.25) is 0 Å². The van der Waals surface area contributed by atoms with Gasteiger partial charge in [-0.15, -0.1) is 0 Å². The Morgan fingerprint density at radius 3 is 2.25 bits per heavy atom. The van der Waals surface area contributed by atoms with Gasteiger partial charge in [0, 0.05) is 12.6 Å². The van der Waals surface area contributed by atoms with Gasteiger partial charge in [0.1, 0.15) is 5.82 Å². The minimum Gasteiger partial charge on any atom is -0.365 e. The molecule has 0 aliphatic carbocycles. The lowest BCUT2D eigenvalue weighted by molar-refractivity contribution is -0.141. The van der Waals surface area contributed by atoms with Crippen LogP contribution < -0.4 is 5.73 Å². The third-order valence-corrected chi connectivity index (χ3v) is 4.03. The zero-order valence-corrected chi connectivity index (χ0v) is 14.1. The van der Waals surface area contributed by atoms with E-state index in [1.165, 1.54) is 0 Å². The number of aryl methyl sites for hydroxylation is 1. The molecule has 0 aliphatic rings. The first-order chi connectivity index (χ1) is 13.0. The van der Waals surface area contributed by atoms with Gasteiger partial charge in [0.2, 0.25) is 0 Å². The summed E-state index contributed by atoms with van der Waals surface area (Å²) in [5.41, 5.74) is 2.25. The van der Waals surface area contributed by atoms with Crippen molar-refractivity contribution in [2.45, 2.75) is 6.18 Å². The van der Waals surface area contributed by atoms with Crippen LogP contribution in [0.15, 0.2) is 36.4 Å². The normalized spacial score (nSPS) is 11.7. The van der Waals surface area contributed by atoms with Crippen molar-refractivity contribution in [3.63, 3.8) is 0 Å². The Morgan fingerprint density at radius 1 is 1.00 bits per heavy atom. The van der Waals surface area contributed by atoms with Gasteiger partial charge in [-0.2, -0.15) is 18.3 Å². The molecule has 0 fully saturated rings. The first kappa shape index (κ1) is 19.5. The highest BCUT2D eigenvalue weighted by atomic mass is 19.4. The van der Waals surface area contributed by atoms with Crippen LogP contribution in [0.3, 0.4) is 0 Å². The molecule has 28 heavy (non-hydrogen) atoms. The predicted molar refractivity (Wildman–Crippen MR) is 87.5 cm³/mol. The Labute approximate surface area is 154 Å². The first-order valence-corrected chi connectivity index (χ1v) is 7.70. The van der Waals surface area contributed by atoms with Gasteiger partial charge in [0.15, 0.2) is 17.3 Å². The smallest absolute Gasteiger partial charge is 0.365 e. The maximum Gasteiger partial charge on any atom is 0.435 e. The average molecular weight is 399 g/mol. The number of aromatic nitrogens is 2. The summed E-state index contributed by atoms with van der Waals surface area (Å²) in [5, 5.41) is 3.33. The molecule has 0 bridgehead atoms. The van der Waals surface area contributed by atoms with E-state index in [0.717, 1.165) is 48.1 Å². The topological polar surface area (TPSA) is 60.9 Å². The molecule has 1 amide bonds. The van der Waals surface area contributed by atoms with Gasteiger partial charge in [0.05, 0.1) is 11.3 Å². The minimum absolute atomic E-state index is 0.0152. The van der Waals surface area contributed by atoms with Crippen molar-refractivity contribution in [3.05, 3.63) is 65.1 Å². The molecule has 0 saturated heterocycles. The van der Waals surface area contributed by atoms with Crippen molar-refractivity contribution in [2.75, 3.05) is 0 Å². The lowest BCUT2D eigenvalue weighted by Gasteiger charge is -2.13. The molecule has 0 saturated carbocycles. The largest absolute Gasteiger partial charge is 0.435 e. The van der Waals surface area contributed by atoms with Crippen molar-refractivity contribution < 1.29 is 31.1 Å². The van der Waals surface area contributed by atoms with Crippen molar-refractivity contribution in [1.29, 1.82) is 0 Å². The molecule has 3 rings (SSSR count). The zero-order valence-electron chi connectivity index (χ0n) is 14.1. The number of amides is 1. The highest BCUT2D eigenvalue weighted by Crippen LogP contribution is 2.40. The van der Waals surface area contributed by atoms with E-state index in [9.17, 15) is 31.1 Å². The summed E-state index contributed by atoms with van der Waals surface area (Å²) in [5.74, 6) is -4.55. The van der Waals surface area contributed by atoms with Gasteiger partial charge in [-0.1, -0.05) is 6.07 Å². The van der Waals surface area contributed by atoms with Crippen LogP contribution >= 0.6 is 0 Å². The number of carbonyl (C=O) groups excluding carboxylic acids is 1. The maximum atomic E-state index is 13.8. The van der Waals surface area contributed by atoms with Crippen LogP contribution in [0, 0.1) is 17.5 Å². The third-order valence-electron chi connectivity index (χ3n) is 4.03. The summed E-state index contributed by atoms with van der Waals surface area (Å²) in [6, 6.07) is 5.66. The average Bonchev–Trinajstić information content (AvgIpc) is 2.95. The molecule has 0 radical (unpaired) electrons. The molecule has 0 atom stereocenters. The van der Waals surface area contributed by atoms with E-state index >= 15 is 0 Å². The van der Waals surface area contributed by atoms with Gasteiger partial charge in [0.25, 0.3) is 5.91 Å². The molecule has 10 heteroatoms. The van der Waals surface area contributed by atoms with E-state index in [4.69, 9.17) is 5.73 Å². The fourth-order valence-corrected chi connectivity index (χ4v) is 2.89. The highest BCUT2D eigenvalue weighted by Gasteiger charge is 2.41. The number of alkyl halides is 3. The molecule has 3 aromatic rings. The van der Waals surface area contributed by atoms with Crippen molar-refractivity contribution in [3.8, 4) is 22.4 Å². The summed E-state index contributed by atoms with van der Waals surface area (Å²) < 4.78 is 81.3. The molecule has 1 aromatic heterocycles. The van der Waals surface area contributed by atoms with Crippen LogP contribution in [-0.2, 0) is 13.2 Å². The van der Waals surface area contributed by atoms with Gasteiger partial charge < -0.3 is 5.73 Å². The van der Waals surface area contributed by atoms with E-state index in [1.54, 1.807) is 0 Å². The Bertz CT molecular complexity index is 1090. The van der Waals surface area contributed by atoms with Crippen molar-refractivity contribution in [1.82, 2.24) is 9.78 Å². The molecule has 0 aliphatic heterocycles. The van der Waals surface area contributed by atoms with Crippen LogP contribution in [-0.4, -0.2) is 15.7 Å². The van der Waals surface area contributed by atoms with Crippen LogP contribution in [0.4, 0.5) is 26.3 Å². The van der Waals surface area contributed by atoms with Crippen molar-refractivity contribution in [2.24, 2.45) is 12.8 Å². The second-order valence-electron chi connectivity index (χ2n) is 5.88. The van der Waals surface area contributed by atoms with Crippen LogP contribution in [0.1, 0.15) is 16.1 Å². The number of carbonyl (C=O) groups is 1. The lowest BCUT2D eigenvalue weighted by atomic mass is 9.94. The summed E-state index contributed by atoms with van der Waals surface area (Å²) in [6.45, 7) is 0. The minimum atomic E-state index is -4.97. The summed E-state index contributed by atoms with van der Waals surface area (Å²) in [6.07, 6.45) is -4.97.